The van der Waals surface area contributed by atoms with Crippen LogP contribution >= 0.6 is 0 Å². The number of nitrogens with zero attached hydrogens (tertiary/aromatic N) is 4. The molecule has 1 saturated heterocycles. The fraction of sp³-hybridized carbons (Fsp3) is 0.571. The highest BCUT2D eigenvalue weighted by Crippen LogP contribution is 2.41. The Bertz CT molecular complexity index is 1070. The fourth-order valence-electron chi connectivity index (χ4n) is 3.67. The molecule has 5 atom stereocenters. The average Bonchev–Trinajstić information content (AvgIpc) is 3.34. The van der Waals surface area contributed by atoms with E-state index in [4.69, 9.17) is 15.2 Å². The minimum Gasteiger partial charge on any atom is -0.455 e. The number of hydrogen-bond acceptors (Lipinski definition) is 10. The third-order valence-electron chi connectivity index (χ3n) is 5.59. The van der Waals surface area contributed by atoms with Crippen molar-refractivity contribution in [3.8, 4) is 6.07 Å². The maximum Gasteiger partial charge on any atom is 0.323 e. The number of aliphatic hydroxyl groups excluding tert-OH is 2. The van der Waals surface area contributed by atoms with Crippen molar-refractivity contribution in [1.29, 1.82) is 5.26 Å². The van der Waals surface area contributed by atoms with Crippen LogP contribution in [0.3, 0.4) is 0 Å². The molecule has 12 nitrogen and oxygen atoms in total. The number of nitrogens with two attached hydrogens (primary N) is 1. The van der Waals surface area contributed by atoms with Crippen molar-refractivity contribution in [2.45, 2.75) is 63.6 Å². The molecule has 1 amide bonds. The topological polar surface area (TPSA) is 185 Å². The van der Waals surface area contributed by atoms with Gasteiger partial charge >= 0.3 is 5.97 Å². The third kappa shape index (κ3) is 4.40. The normalized spacial score (nSPS) is 25.7. The van der Waals surface area contributed by atoms with Crippen LogP contribution in [-0.2, 0) is 24.7 Å². The van der Waals surface area contributed by atoms with Gasteiger partial charge in [-0.2, -0.15) is 10.4 Å². The van der Waals surface area contributed by atoms with Crippen molar-refractivity contribution in [1.82, 2.24) is 14.6 Å². The number of esters is 1. The molecule has 12 heteroatoms. The highest BCUT2D eigenvalue weighted by Gasteiger charge is 2.59. The third-order valence-corrected chi connectivity index (χ3v) is 5.59. The number of carbonyl (C=O) groups is 2. The van der Waals surface area contributed by atoms with E-state index in [-0.39, 0.29) is 23.3 Å². The summed E-state index contributed by atoms with van der Waals surface area (Å²) >= 11 is 0. The Kier molecular flexibility index (Phi) is 7.28. The molecule has 1 fully saturated rings. The van der Waals surface area contributed by atoms with Gasteiger partial charge in [-0.3, -0.25) is 9.59 Å². The Morgan fingerprint density at radius 2 is 2.18 bits per heavy atom. The molecule has 0 bridgehead atoms. The summed E-state index contributed by atoms with van der Waals surface area (Å²) in [6, 6.07) is 4.05. The summed E-state index contributed by atoms with van der Waals surface area (Å²) in [6.45, 7) is 4.72. The van der Waals surface area contributed by atoms with Gasteiger partial charge < -0.3 is 30.7 Å². The van der Waals surface area contributed by atoms with Gasteiger partial charge in [0.1, 0.15) is 36.2 Å². The molecule has 1 aliphatic heterocycles. The van der Waals surface area contributed by atoms with Gasteiger partial charge in [0.05, 0.1) is 12.3 Å². The Balaban J connectivity index is 1.99. The van der Waals surface area contributed by atoms with Gasteiger partial charge in [-0.15, -0.1) is 0 Å². The number of amides is 1. The lowest BCUT2D eigenvalue weighted by atomic mass is 9.92. The van der Waals surface area contributed by atoms with E-state index in [2.05, 4.69) is 15.4 Å². The number of aromatic nitrogens is 3. The van der Waals surface area contributed by atoms with Crippen molar-refractivity contribution in [3.63, 3.8) is 0 Å². The number of aliphatic hydroxyl groups is 2. The first kappa shape index (κ1) is 24.5. The molecule has 3 rings (SSSR count). The lowest BCUT2D eigenvalue weighted by molar-refractivity contribution is -0.159. The van der Waals surface area contributed by atoms with Crippen LogP contribution in [-0.4, -0.2) is 67.6 Å². The minimum absolute atomic E-state index is 0.117. The molecule has 2 aromatic heterocycles. The van der Waals surface area contributed by atoms with Crippen LogP contribution in [0.1, 0.15) is 39.3 Å². The van der Waals surface area contributed by atoms with Crippen molar-refractivity contribution in [3.05, 3.63) is 24.2 Å². The quantitative estimate of drug-likeness (QED) is 0.386. The van der Waals surface area contributed by atoms with Gasteiger partial charge in [-0.25, -0.2) is 9.50 Å². The highest BCUT2D eigenvalue weighted by atomic mass is 16.6. The number of anilines is 1. The molecular weight excluding hydrogens is 432 g/mol. The van der Waals surface area contributed by atoms with Gasteiger partial charge in [0, 0.05) is 6.42 Å². The molecular formula is C21H28N6O6. The van der Waals surface area contributed by atoms with Crippen molar-refractivity contribution in [2.24, 2.45) is 11.7 Å². The van der Waals surface area contributed by atoms with E-state index in [0.717, 1.165) is 0 Å². The lowest BCUT2D eigenvalue weighted by Gasteiger charge is -2.25. The van der Waals surface area contributed by atoms with E-state index >= 15 is 0 Å². The predicted molar refractivity (Wildman–Crippen MR) is 114 cm³/mol. The molecule has 0 radical (unpaired) electrons. The van der Waals surface area contributed by atoms with E-state index in [1.807, 2.05) is 13.0 Å². The minimum atomic E-state index is -2.02. The molecule has 0 aliphatic carbocycles. The molecule has 178 valence electrons. The summed E-state index contributed by atoms with van der Waals surface area (Å²) in [6.07, 6.45) is -2.04. The average molecular weight is 460 g/mol. The highest BCUT2D eigenvalue weighted by molar-refractivity contribution is 5.93. The van der Waals surface area contributed by atoms with Gasteiger partial charge in [-0.1, -0.05) is 20.8 Å². The molecule has 33 heavy (non-hydrogen) atoms. The molecule has 1 aliphatic rings. The summed E-state index contributed by atoms with van der Waals surface area (Å²) in [4.78, 5) is 28.5. The van der Waals surface area contributed by atoms with Crippen molar-refractivity contribution in [2.75, 3.05) is 11.9 Å². The van der Waals surface area contributed by atoms with Crippen LogP contribution in [0, 0.1) is 17.2 Å². The molecule has 0 saturated carbocycles. The van der Waals surface area contributed by atoms with E-state index in [9.17, 15) is 25.1 Å². The van der Waals surface area contributed by atoms with Crippen molar-refractivity contribution >= 4 is 23.2 Å². The number of ether oxygens (including phenoxy) is 2. The zero-order valence-corrected chi connectivity index (χ0v) is 18.6. The Hall–Kier alpha value is -3.11. The molecule has 2 aromatic rings. The zero-order chi connectivity index (χ0) is 24.3. The van der Waals surface area contributed by atoms with Gasteiger partial charge in [-0.05, 0) is 24.5 Å². The standard InChI is InChI=1S/C21H28N6O6/c1-4-5-15(29)26-19-12-6-7-14(27(12)25-10-24-19)21(9-22)18(30)17(13(8-28)33-21)32-20(31)16(23)11(2)3/h6-7,10-11,13,16-18,28,30H,4-5,8,23H2,1-3H3,(H,24,25,26,29)/t13-,16?,17-,18-,21+/m1/s1. The number of rotatable bonds is 8. The SMILES string of the molecule is CCCC(=O)Nc1ncnn2c([C@]3(C#N)O[C@H](CO)[C@@H](OC(=O)C(N)C(C)C)[C@H]3O)ccc12. The maximum atomic E-state index is 12.4. The predicted octanol–water partition coefficient (Wildman–Crippen LogP) is -0.166. The second kappa shape index (κ2) is 9.80. The van der Waals surface area contributed by atoms with Crippen LogP contribution < -0.4 is 11.1 Å². The summed E-state index contributed by atoms with van der Waals surface area (Å²) < 4.78 is 12.5. The first-order chi connectivity index (χ1) is 15.7. The van der Waals surface area contributed by atoms with Crippen LogP contribution in [0.25, 0.3) is 5.52 Å². The summed E-state index contributed by atoms with van der Waals surface area (Å²) in [5.41, 5.74) is 4.30. The number of fused-ring (bicyclic) bond motifs is 1. The zero-order valence-electron chi connectivity index (χ0n) is 18.6. The van der Waals surface area contributed by atoms with Crippen LogP contribution in [0.2, 0.25) is 0 Å². The Morgan fingerprint density at radius 3 is 2.79 bits per heavy atom. The maximum absolute atomic E-state index is 12.4. The monoisotopic (exact) mass is 460 g/mol. The summed E-state index contributed by atoms with van der Waals surface area (Å²) in [7, 11) is 0. The lowest BCUT2D eigenvalue weighted by Crippen LogP contribution is -2.46. The smallest absolute Gasteiger partial charge is 0.323 e. The van der Waals surface area contributed by atoms with Crippen molar-refractivity contribution < 1.29 is 29.3 Å². The summed E-state index contributed by atoms with van der Waals surface area (Å²) in [5, 5.41) is 37.8. The molecule has 0 aromatic carbocycles. The van der Waals surface area contributed by atoms with Crippen LogP contribution in [0.5, 0.6) is 0 Å². The number of hydrogen-bond donors (Lipinski definition) is 4. The number of nitrogens with one attached hydrogen (secondary N) is 1. The molecule has 5 N–H and O–H groups in total. The van der Waals surface area contributed by atoms with Crippen LogP contribution in [0.4, 0.5) is 5.82 Å². The second-order valence-corrected chi connectivity index (χ2v) is 8.22. The van der Waals surface area contributed by atoms with E-state index < -0.39 is 42.5 Å². The van der Waals surface area contributed by atoms with E-state index in [1.165, 1.54) is 16.9 Å². The fourth-order valence-corrected chi connectivity index (χ4v) is 3.67. The van der Waals surface area contributed by atoms with Gasteiger partial charge in [0.2, 0.25) is 11.5 Å². The number of nitriles is 1. The molecule has 0 spiro atoms. The van der Waals surface area contributed by atoms with Crippen LogP contribution in [0.15, 0.2) is 18.5 Å². The molecule has 1 unspecified atom stereocenters. The van der Waals surface area contributed by atoms with Gasteiger partial charge in [0.25, 0.3) is 0 Å². The molecule has 3 heterocycles. The first-order valence-corrected chi connectivity index (χ1v) is 10.7. The van der Waals surface area contributed by atoms with Gasteiger partial charge in [0.15, 0.2) is 11.9 Å². The van der Waals surface area contributed by atoms with E-state index in [1.54, 1.807) is 19.9 Å². The largest absolute Gasteiger partial charge is 0.455 e. The first-order valence-electron chi connectivity index (χ1n) is 10.7. The summed E-state index contributed by atoms with van der Waals surface area (Å²) in [5.74, 6) is -1.02. The number of carbonyl (C=O) groups excluding carboxylic acids is 2. The second-order valence-electron chi connectivity index (χ2n) is 8.22. The Labute approximate surface area is 190 Å². The Morgan fingerprint density at radius 1 is 1.45 bits per heavy atom. The van der Waals surface area contributed by atoms with E-state index in [0.29, 0.717) is 18.4 Å².